The van der Waals surface area contributed by atoms with Crippen molar-refractivity contribution in [2.75, 3.05) is 13.2 Å². The smallest absolute Gasteiger partial charge is 0.242 e. The highest BCUT2D eigenvalue weighted by molar-refractivity contribution is 9.11. The minimum absolute atomic E-state index is 0.161. The van der Waals surface area contributed by atoms with Crippen molar-refractivity contribution in [3.63, 3.8) is 0 Å². The summed E-state index contributed by atoms with van der Waals surface area (Å²) in [6, 6.07) is 1.31. The Hall–Kier alpha value is 0.01000. The molecule has 1 fully saturated rings. The zero-order valence-electron chi connectivity index (χ0n) is 9.56. The Morgan fingerprint density at radius 2 is 2.39 bits per heavy atom. The SMILES string of the molecule is O=S(=O)(NC1CCCOC1)c1cc(CO)sc1Br. The second-order valence-electron chi connectivity index (χ2n) is 4.04. The van der Waals surface area contributed by atoms with Crippen molar-refractivity contribution in [2.45, 2.75) is 30.4 Å². The molecule has 0 aliphatic carbocycles. The highest BCUT2D eigenvalue weighted by Crippen LogP contribution is 2.31. The summed E-state index contributed by atoms with van der Waals surface area (Å²) in [5.74, 6) is 0. The van der Waals surface area contributed by atoms with E-state index in [0.717, 1.165) is 12.8 Å². The first-order chi connectivity index (χ1) is 8.53. The van der Waals surface area contributed by atoms with Crippen LogP contribution in [0.3, 0.4) is 0 Å². The minimum Gasteiger partial charge on any atom is -0.391 e. The summed E-state index contributed by atoms with van der Waals surface area (Å²) in [5.41, 5.74) is 0. The fraction of sp³-hybridized carbons (Fsp3) is 0.600. The fourth-order valence-electron chi connectivity index (χ4n) is 1.78. The molecule has 0 spiro atoms. The summed E-state index contributed by atoms with van der Waals surface area (Å²) >= 11 is 4.44. The van der Waals surface area contributed by atoms with E-state index >= 15 is 0 Å². The van der Waals surface area contributed by atoms with Crippen molar-refractivity contribution in [2.24, 2.45) is 0 Å². The Morgan fingerprint density at radius 3 is 2.94 bits per heavy atom. The highest BCUT2D eigenvalue weighted by atomic mass is 79.9. The summed E-state index contributed by atoms with van der Waals surface area (Å²) in [4.78, 5) is 0.796. The molecule has 2 N–H and O–H groups in total. The van der Waals surface area contributed by atoms with Gasteiger partial charge in [-0.25, -0.2) is 13.1 Å². The number of halogens is 1. The van der Waals surface area contributed by atoms with Crippen LogP contribution in [0.15, 0.2) is 14.7 Å². The molecular weight excluding hydrogens is 342 g/mol. The van der Waals surface area contributed by atoms with E-state index in [1.54, 1.807) is 0 Å². The molecule has 8 heteroatoms. The van der Waals surface area contributed by atoms with E-state index in [1.807, 2.05) is 0 Å². The number of thiophene rings is 1. The molecule has 1 aromatic heterocycles. The Kier molecular flexibility index (Phi) is 4.79. The number of sulfonamides is 1. The van der Waals surface area contributed by atoms with E-state index in [2.05, 4.69) is 20.7 Å². The lowest BCUT2D eigenvalue weighted by Gasteiger charge is -2.22. The van der Waals surface area contributed by atoms with Gasteiger partial charge in [0.25, 0.3) is 0 Å². The predicted octanol–water partition coefficient (Wildman–Crippen LogP) is 1.46. The van der Waals surface area contributed by atoms with E-state index in [9.17, 15) is 8.42 Å². The molecule has 0 saturated carbocycles. The molecule has 18 heavy (non-hydrogen) atoms. The van der Waals surface area contributed by atoms with E-state index in [0.29, 0.717) is 21.9 Å². The molecule has 1 aromatic rings. The first-order valence-corrected chi connectivity index (χ1v) is 8.61. The average molecular weight is 356 g/mol. The van der Waals surface area contributed by atoms with Gasteiger partial charge in [0.2, 0.25) is 10.0 Å². The Bertz CT molecular complexity index is 508. The van der Waals surface area contributed by atoms with Crippen LogP contribution in [0.1, 0.15) is 17.7 Å². The monoisotopic (exact) mass is 355 g/mol. The van der Waals surface area contributed by atoms with Gasteiger partial charge in [-0.2, -0.15) is 0 Å². The van der Waals surface area contributed by atoms with Crippen LogP contribution in [-0.2, 0) is 21.4 Å². The third-order valence-electron chi connectivity index (χ3n) is 2.63. The Morgan fingerprint density at radius 1 is 1.61 bits per heavy atom. The zero-order valence-corrected chi connectivity index (χ0v) is 12.8. The van der Waals surface area contributed by atoms with Crippen molar-refractivity contribution < 1.29 is 18.3 Å². The number of hydrogen-bond donors (Lipinski definition) is 2. The van der Waals surface area contributed by atoms with Crippen molar-refractivity contribution in [1.29, 1.82) is 0 Å². The van der Waals surface area contributed by atoms with Crippen LogP contribution in [0.25, 0.3) is 0 Å². The Balaban J connectivity index is 2.16. The van der Waals surface area contributed by atoms with Crippen molar-refractivity contribution >= 4 is 37.3 Å². The second-order valence-corrected chi connectivity index (χ2v) is 8.18. The van der Waals surface area contributed by atoms with Gasteiger partial charge in [-0.1, -0.05) is 0 Å². The fourth-order valence-corrected chi connectivity index (χ4v) is 5.57. The molecule has 1 aliphatic rings. The largest absolute Gasteiger partial charge is 0.391 e. The number of rotatable bonds is 4. The molecule has 1 atom stereocenters. The molecule has 1 aliphatic heterocycles. The molecule has 0 amide bonds. The molecule has 0 bridgehead atoms. The van der Waals surface area contributed by atoms with Gasteiger partial charge in [0.15, 0.2) is 0 Å². The number of aliphatic hydroxyl groups excluding tert-OH is 1. The number of hydrogen-bond acceptors (Lipinski definition) is 5. The van der Waals surface area contributed by atoms with Crippen LogP contribution >= 0.6 is 27.3 Å². The molecule has 2 heterocycles. The lowest BCUT2D eigenvalue weighted by molar-refractivity contribution is 0.0774. The van der Waals surface area contributed by atoms with Crippen LogP contribution in [0, 0.1) is 0 Å². The lowest BCUT2D eigenvalue weighted by atomic mass is 10.1. The first-order valence-electron chi connectivity index (χ1n) is 5.52. The van der Waals surface area contributed by atoms with Gasteiger partial charge in [0.1, 0.15) is 4.90 Å². The summed E-state index contributed by atoms with van der Waals surface area (Å²) in [5, 5.41) is 9.02. The molecule has 1 unspecified atom stereocenters. The zero-order chi connectivity index (χ0) is 13.2. The van der Waals surface area contributed by atoms with Crippen molar-refractivity contribution in [1.82, 2.24) is 4.72 Å². The lowest BCUT2D eigenvalue weighted by Crippen LogP contribution is -2.40. The standard InChI is InChI=1S/C10H14BrNO4S2/c11-10-9(4-8(5-13)17-10)18(14,15)12-7-2-1-3-16-6-7/h4,7,12-13H,1-3,5-6H2. The second kappa shape index (κ2) is 5.98. The van der Waals surface area contributed by atoms with Crippen LogP contribution in [0.4, 0.5) is 0 Å². The highest BCUT2D eigenvalue weighted by Gasteiger charge is 2.25. The average Bonchev–Trinajstić information content (AvgIpc) is 2.72. The van der Waals surface area contributed by atoms with Crippen LogP contribution in [0.5, 0.6) is 0 Å². The minimum atomic E-state index is -3.56. The molecule has 1 saturated heterocycles. The van der Waals surface area contributed by atoms with Gasteiger partial charge in [-0.15, -0.1) is 11.3 Å². The molecule has 5 nitrogen and oxygen atoms in total. The number of ether oxygens (including phenoxy) is 1. The van der Waals surface area contributed by atoms with Gasteiger partial charge in [-0.05, 0) is 34.8 Å². The van der Waals surface area contributed by atoms with E-state index in [1.165, 1.54) is 17.4 Å². The van der Waals surface area contributed by atoms with Gasteiger partial charge in [0, 0.05) is 17.5 Å². The van der Waals surface area contributed by atoms with Crippen molar-refractivity contribution in [3.05, 3.63) is 14.7 Å². The molecule has 0 aromatic carbocycles. The Labute approximate surface area is 118 Å². The van der Waals surface area contributed by atoms with Gasteiger partial charge >= 0.3 is 0 Å². The normalized spacial score (nSPS) is 21.1. The van der Waals surface area contributed by atoms with Gasteiger partial charge < -0.3 is 9.84 Å². The predicted molar refractivity (Wildman–Crippen MR) is 72.1 cm³/mol. The quantitative estimate of drug-likeness (QED) is 0.857. The van der Waals surface area contributed by atoms with Gasteiger partial charge in [-0.3, -0.25) is 0 Å². The van der Waals surface area contributed by atoms with E-state index < -0.39 is 10.0 Å². The number of nitrogens with one attached hydrogen (secondary N) is 1. The van der Waals surface area contributed by atoms with Crippen LogP contribution < -0.4 is 4.72 Å². The van der Waals surface area contributed by atoms with Crippen molar-refractivity contribution in [3.8, 4) is 0 Å². The third kappa shape index (κ3) is 3.31. The summed E-state index contributed by atoms with van der Waals surface area (Å²) in [7, 11) is -3.56. The first kappa shape index (κ1) is 14.4. The summed E-state index contributed by atoms with van der Waals surface area (Å²) < 4.78 is 32.7. The maximum Gasteiger partial charge on any atom is 0.242 e. The van der Waals surface area contributed by atoms with E-state index in [-0.39, 0.29) is 17.5 Å². The van der Waals surface area contributed by atoms with Gasteiger partial charge in [0.05, 0.1) is 17.0 Å². The summed E-state index contributed by atoms with van der Waals surface area (Å²) in [6.07, 6.45) is 1.65. The summed E-state index contributed by atoms with van der Waals surface area (Å²) in [6.45, 7) is 0.939. The molecular formula is C10H14BrNO4S2. The maximum atomic E-state index is 12.2. The maximum absolute atomic E-state index is 12.2. The number of aliphatic hydroxyl groups is 1. The molecule has 0 radical (unpaired) electrons. The topological polar surface area (TPSA) is 75.6 Å². The third-order valence-corrected chi connectivity index (χ3v) is 6.39. The molecule has 102 valence electrons. The van der Waals surface area contributed by atoms with Crippen LogP contribution in [0.2, 0.25) is 0 Å². The van der Waals surface area contributed by atoms with E-state index in [4.69, 9.17) is 9.84 Å². The van der Waals surface area contributed by atoms with Crippen LogP contribution in [-0.4, -0.2) is 32.8 Å². The molecule has 2 rings (SSSR count).